The molecular formula is C16H33NO2. The molecule has 0 aromatic carbocycles. The highest BCUT2D eigenvalue weighted by molar-refractivity contribution is 5.69. The Hall–Kier alpha value is -0.570. The third-order valence-electron chi connectivity index (χ3n) is 3.37. The lowest BCUT2D eigenvalue weighted by Crippen LogP contribution is -2.25. The van der Waals surface area contributed by atoms with Crippen LogP contribution in [-0.2, 0) is 9.53 Å². The van der Waals surface area contributed by atoms with Gasteiger partial charge in [0.25, 0.3) is 0 Å². The van der Waals surface area contributed by atoms with Gasteiger partial charge in [-0.2, -0.15) is 0 Å². The van der Waals surface area contributed by atoms with Crippen LogP contribution in [0, 0.1) is 0 Å². The lowest BCUT2D eigenvalue weighted by Gasteiger charge is -2.19. The van der Waals surface area contributed by atoms with Crippen LogP contribution in [0.1, 0.15) is 72.6 Å². The molecular weight excluding hydrogens is 238 g/mol. The molecule has 0 radical (unpaired) electrons. The summed E-state index contributed by atoms with van der Waals surface area (Å²) in [5.41, 5.74) is 0. The second-order valence-electron chi connectivity index (χ2n) is 5.33. The minimum absolute atomic E-state index is 0.0261. The molecule has 3 nitrogen and oxygen atoms in total. The fraction of sp³-hybridized carbons (Fsp3) is 0.938. The molecule has 0 amide bonds. The number of carbonyl (C=O) groups excluding carboxylic acids is 1. The molecule has 0 aliphatic heterocycles. The van der Waals surface area contributed by atoms with Gasteiger partial charge in [0.05, 0.1) is 6.10 Å². The van der Waals surface area contributed by atoms with E-state index < -0.39 is 0 Å². The Balaban J connectivity index is 3.50. The van der Waals surface area contributed by atoms with Crippen LogP contribution in [0.4, 0.5) is 0 Å². The second-order valence-corrected chi connectivity index (χ2v) is 5.33. The summed E-state index contributed by atoms with van der Waals surface area (Å²) in [4.78, 5) is 14.0. The Morgan fingerprint density at radius 1 is 1.05 bits per heavy atom. The number of ether oxygens (including phenoxy) is 1. The third-order valence-corrected chi connectivity index (χ3v) is 3.37. The maximum absolute atomic E-state index is 11.6. The molecule has 0 saturated heterocycles. The smallest absolute Gasteiger partial charge is 0.306 e. The molecule has 0 fully saturated rings. The van der Waals surface area contributed by atoms with Crippen LogP contribution >= 0.6 is 0 Å². The number of carbonyl (C=O) groups is 1. The molecule has 114 valence electrons. The Morgan fingerprint density at radius 2 is 1.79 bits per heavy atom. The Kier molecular flexibility index (Phi) is 12.1. The molecule has 0 N–H and O–H groups in total. The molecule has 0 bridgehead atoms. The number of unbranched alkanes of at least 4 members (excludes halogenated alkanes) is 2. The Morgan fingerprint density at radius 3 is 2.37 bits per heavy atom. The van der Waals surface area contributed by atoms with Gasteiger partial charge in [-0.15, -0.1) is 0 Å². The van der Waals surface area contributed by atoms with Gasteiger partial charge in [0.1, 0.15) is 0 Å². The first-order chi connectivity index (χ1) is 9.13. The summed E-state index contributed by atoms with van der Waals surface area (Å²) < 4.78 is 5.33. The normalized spacial score (nSPS) is 12.7. The van der Waals surface area contributed by atoms with Crippen molar-refractivity contribution in [3.63, 3.8) is 0 Å². The zero-order valence-electron chi connectivity index (χ0n) is 13.4. The minimum Gasteiger partial charge on any atom is -0.463 e. The number of hydrogen-bond donors (Lipinski definition) is 0. The van der Waals surface area contributed by atoms with Crippen LogP contribution in [0.15, 0.2) is 0 Å². The van der Waals surface area contributed by atoms with Crippen LogP contribution in [0.5, 0.6) is 0 Å². The number of rotatable bonds is 12. The predicted molar refractivity (Wildman–Crippen MR) is 81.3 cm³/mol. The first-order valence-electron chi connectivity index (χ1n) is 8.05. The molecule has 0 saturated carbocycles. The van der Waals surface area contributed by atoms with Crippen molar-refractivity contribution in [3.8, 4) is 0 Å². The first kappa shape index (κ1) is 18.4. The van der Waals surface area contributed by atoms with Crippen molar-refractivity contribution in [2.24, 2.45) is 0 Å². The largest absolute Gasteiger partial charge is 0.463 e. The summed E-state index contributed by atoms with van der Waals surface area (Å²) in [6.07, 6.45) is 7.18. The van der Waals surface area contributed by atoms with E-state index in [2.05, 4.69) is 25.7 Å². The first-order valence-corrected chi connectivity index (χ1v) is 8.05. The van der Waals surface area contributed by atoms with E-state index in [-0.39, 0.29) is 12.1 Å². The maximum atomic E-state index is 11.6. The van der Waals surface area contributed by atoms with Gasteiger partial charge in [0, 0.05) is 6.42 Å². The molecule has 0 rings (SSSR count). The average molecular weight is 271 g/mol. The van der Waals surface area contributed by atoms with E-state index >= 15 is 0 Å². The summed E-state index contributed by atoms with van der Waals surface area (Å²) >= 11 is 0. The van der Waals surface area contributed by atoms with Crippen molar-refractivity contribution >= 4 is 5.97 Å². The standard InChI is InChI=1S/C16H33NO2/c1-5-11-15(4)19-16(18)12-9-8-10-14-17(7-3)13-6-2/h15H,5-14H2,1-4H3. The topological polar surface area (TPSA) is 29.5 Å². The quantitative estimate of drug-likeness (QED) is 0.397. The molecule has 19 heavy (non-hydrogen) atoms. The maximum Gasteiger partial charge on any atom is 0.306 e. The second kappa shape index (κ2) is 12.5. The molecule has 1 unspecified atom stereocenters. The Labute approximate surface area is 119 Å². The molecule has 0 heterocycles. The zero-order chi connectivity index (χ0) is 14.5. The van der Waals surface area contributed by atoms with Gasteiger partial charge in [0.15, 0.2) is 0 Å². The third kappa shape index (κ3) is 11.0. The van der Waals surface area contributed by atoms with Crippen LogP contribution in [0.2, 0.25) is 0 Å². The molecule has 0 spiro atoms. The van der Waals surface area contributed by atoms with Crippen molar-refractivity contribution in [2.45, 2.75) is 78.7 Å². The molecule has 0 aromatic heterocycles. The average Bonchev–Trinajstić information content (AvgIpc) is 2.37. The molecule has 0 aromatic rings. The van der Waals surface area contributed by atoms with Crippen molar-refractivity contribution in [1.29, 1.82) is 0 Å². The highest BCUT2D eigenvalue weighted by atomic mass is 16.5. The Bertz CT molecular complexity index is 219. The number of nitrogens with zero attached hydrogens (tertiary/aromatic N) is 1. The van der Waals surface area contributed by atoms with Gasteiger partial charge in [-0.25, -0.2) is 0 Å². The van der Waals surface area contributed by atoms with Crippen molar-refractivity contribution in [1.82, 2.24) is 4.90 Å². The minimum atomic E-state index is -0.0261. The zero-order valence-corrected chi connectivity index (χ0v) is 13.4. The summed E-state index contributed by atoms with van der Waals surface area (Å²) in [5, 5.41) is 0. The molecule has 0 aliphatic rings. The number of esters is 1. The van der Waals surface area contributed by atoms with Crippen molar-refractivity contribution < 1.29 is 9.53 Å². The van der Waals surface area contributed by atoms with Gasteiger partial charge in [-0.05, 0) is 52.2 Å². The molecule has 1 atom stereocenters. The highest BCUT2D eigenvalue weighted by Crippen LogP contribution is 2.07. The van der Waals surface area contributed by atoms with Gasteiger partial charge >= 0.3 is 5.97 Å². The number of hydrogen-bond acceptors (Lipinski definition) is 3. The monoisotopic (exact) mass is 271 g/mol. The SMILES string of the molecule is CCCC(C)OC(=O)CCCCCN(CC)CCC. The van der Waals surface area contributed by atoms with E-state index in [1.165, 1.54) is 19.4 Å². The van der Waals surface area contributed by atoms with Crippen molar-refractivity contribution in [2.75, 3.05) is 19.6 Å². The van der Waals surface area contributed by atoms with Gasteiger partial charge in [0.2, 0.25) is 0 Å². The fourth-order valence-electron chi connectivity index (χ4n) is 2.27. The van der Waals surface area contributed by atoms with E-state index in [0.29, 0.717) is 6.42 Å². The van der Waals surface area contributed by atoms with E-state index in [1.54, 1.807) is 0 Å². The lowest BCUT2D eigenvalue weighted by molar-refractivity contribution is -0.148. The highest BCUT2D eigenvalue weighted by Gasteiger charge is 2.08. The fourth-order valence-corrected chi connectivity index (χ4v) is 2.27. The van der Waals surface area contributed by atoms with E-state index in [4.69, 9.17) is 4.74 Å². The summed E-state index contributed by atoms with van der Waals surface area (Å²) in [5.74, 6) is -0.0261. The van der Waals surface area contributed by atoms with E-state index in [1.807, 2.05) is 6.92 Å². The van der Waals surface area contributed by atoms with Crippen LogP contribution in [-0.4, -0.2) is 36.6 Å². The van der Waals surface area contributed by atoms with Gasteiger partial charge in [-0.1, -0.05) is 33.6 Å². The van der Waals surface area contributed by atoms with Crippen LogP contribution in [0.3, 0.4) is 0 Å². The molecule has 3 heteroatoms. The summed E-state index contributed by atoms with van der Waals surface area (Å²) in [7, 11) is 0. The van der Waals surface area contributed by atoms with Crippen LogP contribution < -0.4 is 0 Å². The van der Waals surface area contributed by atoms with Gasteiger partial charge in [-0.3, -0.25) is 4.79 Å². The van der Waals surface area contributed by atoms with Gasteiger partial charge < -0.3 is 9.64 Å². The summed E-state index contributed by atoms with van der Waals surface area (Å²) in [6, 6.07) is 0. The van der Waals surface area contributed by atoms with Crippen LogP contribution in [0.25, 0.3) is 0 Å². The molecule has 0 aliphatic carbocycles. The lowest BCUT2D eigenvalue weighted by atomic mass is 10.2. The predicted octanol–water partition coefficient (Wildman–Crippen LogP) is 4.01. The van der Waals surface area contributed by atoms with E-state index in [9.17, 15) is 4.79 Å². The van der Waals surface area contributed by atoms with Crippen molar-refractivity contribution in [3.05, 3.63) is 0 Å². The summed E-state index contributed by atoms with van der Waals surface area (Å²) in [6.45, 7) is 12.0. The van der Waals surface area contributed by atoms with E-state index in [0.717, 1.165) is 38.8 Å².